The van der Waals surface area contributed by atoms with Gasteiger partial charge in [-0.3, -0.25) is 14.4 Å². The molecule has 4 atom stereocenters. The number of hydrogen-bond donors (Lipinski definition) is 5. The summed E-state index contributed by atoms with van der Waals surface area (Å²) in [7, 11) is -4.13. The van der Waals surface area contributed by atoms with E-state index >= 15 is 0 Å². The lowest BCUT2D eigenvalue weighted by Crippen LogP contribution is -2.57. The molecule has 0 aliphatic carbocycles. The fraction of sp³-hybridized carbons (Fsp3) is 0.600. The predicted molar refractivity (Wildman–Crippen MR) is 211 cm³/mol. The van der Waals surface area contributed by atoms with E-state index in [2.05, 4.69) is 21.3 Å². The average molecular weight is 788 g/mol. The van der Waals surface area contributed by atoms with Gasteiger partial charge in [0.1, 0.15) is 23.4 Å². The summed E-state index contributed by atoms with van der Waals surface area (Å²) in [5.74, 6) is -0.616. The van der Waals surface area contributed by atoms with Crippen molar-refractivity contribution in [2.45, 2.75) is 135 Å². The molecule has 0 saturated carbocycles. The normalized spacial score (nSPS) is 19.5. The number of anilines is 1. The molecule has 4 amide bonds. The number of unbranched alkanes of at least 4 members (excludes halogenated alkanes) is 1. The second kappa shape index (κ2) is 21.2. The van der Waals surface area contributed by atoms with Crippen molar-refractivity contribution in [1.82, 2.24) is 20.3 Å². The van der Waals surface area contributed by atoms with E-state index in [1.165, 1.54) is 35.5 Å². The molecule has 2 bridgehead atoms. The van der Waals surface area contributed by atoms with Crippen molar-refractivity contribution < 1.29 is 42.2 Å². The van der Waals surface area contributed by atoms with Crippen LogP contribution in [0.4, 0.5) is 10.5 Å². The Morgan fingerprint density at radius 2 is 1.69 bits per heavy atom. The Balaban J connectivity index is 1.97. The first-order valence-corrected chi connectivity index (χ1v) is 20.7. The van der Waals surface area contributed by atoms with Crippen LogP contribution in [0.2, 0.25) is 0 Å². The van der Waals surface area contributed by atoms with E-state index in [4.69, 9.17) is 9.47 Å². The zero-order valence-corrected chi connectivity index (χ0v) is 34.2. The SMILES string of the molecule is CCCC[C@H]1NC(=O)[C@H](NC(=O)OC(C)(C)C)CCCCOc2ccc(cc2)C[C@@H]([C@H](O)CN(CCC(C)C)S(=O)(=O)c2ccc(NC(C)=O)cc2)NC1=O. The fourth-order valence-corrected chi connectivity index (χ4v) is 7.43. The number of amides is 4. The Morgan fingerprint density at radius 3 is 2.29 bits per heavy atom. The number of fused-ring (bicyclic) bond motifs is 14. The van der Waals surface area contributed by atoms with Crippen LogP contribution in [0.5, 0.6) is 5.75 Å². The van der Waals surface area contributed by atoms with Crippen LogP contribution in [0.15, 0.2) is 53.4 Å². The number of aliphatic hydroxyl groups is 1. The molecule has 14 nitrogen and oxygen atoms in total. The highest BCUT2D eigenvalue weighted by Gasteiger charge is 2.34. The molecule has 55 heavy (non-hydrogen) atoms. The monoisotopic (exact) mass is 787 g/mol. The maximum atomic E-state index is 14.1. The third-order valence-corrected chi connectivity index (χ3v) is 10.9. The molecule has 4 rings (SSSR count). The van der Waals surface area contributed by atoms with Crippen molar-refractivity contribution >= 4 is 39.5 Å². The first kappa shape index (κ1) is 45.2. The summed E-state index contributed by atoms with van der Waals surface area (Å²) < 4.78 is 40.7. The highest BCUT2D eigenvalue weighted by Crippen LogP contribution is 2.22. The van der Waals surface area contributed by atoms with Crippen LogP contribution in [0.3, 0.4) is 0 Å². The maximum absolute atomic E-state index is 14.1. The van der Waals surface area contributed by atoms with Gasteiger partial charge < -0.3 is 35.8 Å². The molecule has 0 radical (unpaired) electrons. The second-order valence-corrected chi connectivity index (χ2v) is 17.5. The van der Waals surface area contributed by atoms with Crippen molar-refractivity contribution in [1.29, 1.82) is 0 Å². The van der Waals surface area contributed by atoms with Gasteiger partial charge in [0, 0.05) is 25.7 Å². The van der Waals surface area contributed by atoms with Gasteiger partial charge in [-0.05, 0) is 107 Å². The molecule has 15 heteroatoms. The first-order chi connectivity index (χ1) is 25.9. The van der Waals surface area contributed by atoms with Crippen LogP contribution in [0.25, 0.3) is 0 Å². The molecule has 0 fully saturated rings. The molecule has 2 heterocycles. The molecule has 0 aromatic heterocycles. The summed E-state index contributed by atoms with van der Waals surface area (Å²) in [6, 6.07) is 10.1. The third-order valence-electron chi connectivity index (χ3n) is 8.97. The molecule has 306 valence electrons. The summed E-state index contributed by atoms with van der Waals surface area (Å²) in [6.45, 7) is 12.6. The lowest BCUT2D eigenvalue weighted by molar-refractivity contribution is -0.131. The fourth-order valence-electron chi connectivity index (χ4n) is 5.96. The lowest BCUT2D eigenvalue weighted by Gasteiger charge is -2.31. The number of carbonyl (C=O) groups is 4. The summed E-state index contributed by atoms with van der Waals surface area (Å²) in [5, 5.41) is 22.9. The van der Waals surface area contributed by atoms with Crippen LogP contribution < -0.4 is 26.0 Å². The van der Waals surface area contributed by atoms with E-state index in [0.717, 1.165) is 12.0 Å². The minimum absolute atomic E-state index is 0.0111. The summed E-state index contributed by atoms with van der Waals surface area (Å²) in [4.78, 5) is 52.1. The number of aliphatic hydroxyl groups excluding tert-OH is 1. The molecule has 0 unspecified atom stereocenters. The standard InChI is InChI=1S/C40H61N5O9S/c1-8-9-12-33-37(48)43-35(36(47)26-45(23-22-27(2)3)55(51,52)32-20-16-30(17-21-32)41-28(4)46)25-29-14-18-31(19-15-29)53-24-11-10-13-34(38(49)42-33)44-39(50)54-40(5,6)7/h14-21,27,33-36,47H,8-13,22-26H2,1-7H3,(H,41,46)(H,42,49)(H,43,48)(H,44,50)/t33-,34-,35+,36-/m1/s1. The predicted octanol–water partition coefficient (Wildman–Crippen LogP) is 4.90. The Morgan fingerprint density at radius 1 is 1.02 bits per heavy atom. The van der Waals surface area contributed by atoms with Gasteiger partial charge in [-0.2, -0.15) is 4.31 Å². The number of nitrogens with one attached hydrogen (secondary N) is 4. The molecule has 5 N–H and O–H groups in total. The smallest absolute Gasteiger partial charge is 0.408 e. The van der Waals surface area contributed by atoms with E-state index in [1.807, 2.05) is 32.9 Å². The number of hydrogen-bond acceptors (Lipinski definition) is 9. The van der Waals surface area contributed by atoms with Crippen LogP contribution in [0, 0.1) is 5.92 Å². The van der Waals surface area contributed by atoms with Crippen LogP contribution in [-0.4, -0.2) is 91.2 Å². The number of ether oxygens (including phenoxy) is 2. The summed E-state index contributed by atoms with van der Waals surface area (Å²) in [5.41, 5.74) is 0.418. The molecule has 0 spiro atoms. The number of alkyl carbamates (subject to hydrolysis) is 1. The Kier molecular flexibility index (Phi) is 17.4. The molecule has 0 saturated heterocycles. The average Bonchev–Trinajstić information content (AvgIpc) is 3.10. The van der Waals surface area contributed by atoms with Gasteiger partial charge in [0.25, 0.3) is 0 Å². The summed E-state index contributed by atoms with van der Waals surface area (Å²) >= 11 is 0. The van der Waals surface area contributed by atoms with Crippen molar-refractivity contribution in [2.75, 3.05) is 25.0 Å². The quantitative estimate of drug-likeness (QED) is 0.188. The Bertz CT molecular complexity index is 1660. The Labute approximate surface area is 326 Å². The largest absolute Gasteiger partial charge is 0.494 e. The highest BCUT2D eigenvalue weighted by molar-refractivity contribution is 7.89. The lowest BCUT2D eigenvalue weighted by atomic mass is 9.99. The maximum Gasteiger partial charge on any atom is 0.408 e. The minimum Gasteiger partial charge on any atom is -0.494 e. The number of benzene rings is 2. The first-order valence-electron chi connectivity index (χ1n) is 19.3. The van der Waals surface area contributed by atoms with E-state index < -0.39 is 57.8 Å². The van der Waals surface area contributed by atoms with Gasteiger partial charge in [-0.25, -0.2) is 13.2 Å². The summed E-state index contributed by atoms with van der Waals surface area (Å²) in [6.07, 6.45) is 1.59. The van der Waals surface area contributed by atoms with E-state index in [1.54, 1.807) is 32.9 Å². The molecule has 2 aliphatic rings. The number of sulfonamides is 1. The molecular formula is C40H61N5O9S. The van der Waals surface area contributed by atoms with Gasteiger partial charge in [-0.1, -0.05) is 45.7 Å². The molecular weight excluding hydrogens is 727 g/mol. The van der Waals surface area contributed by atoms with Crippen LogP contribution in [0.1, 0.15) is 99.0 Å². The highest BCUT2D eigenvalue weighted by atomic mass is 32.2. The third kappa shape index (κ3) is 15.5. The zero-order valence-electron chi connectivity index (χ0n) is 33.4. The van der Waals surface area contributed by atoms with Crippen molar-refractivity contribution in [3.8, 4) is 5.75 Å². The molecule has 2 aromatic rings. The van der Waals surface area contributed by atoms with Crippen molar-refractivity contribution in [3.05, 3.63) is 54.1 Å². The minimum atomic E-state index is -4.13. The van der Waals surface area contributed by atoms with Crippen LogP contribution in [-0.2, 0) is 35.6 Å². The number of carbonyl (C=O) groups excluding carboxylic acids is 4. The van der Waals surface area contributed by atoms with Gasteiger partial charge in [0.15, 0.2) is 0 Å². The van der Waals surface area contributed by atoms with E-state index in [-0.39, 0.29) is 42.7 Å². The van der Waals surface area contributed by atoms with Crippen molar-refractivity contribution in [3.63, 3.8) is 0 Å². The van der Waals surface area contributed by atoms with Crippen molar-refractivity contribution in [2.24, 2.45) is 5.92 Å². The van der Waals surface area contributed by atoms with Gasteiger partial charge in [-0.15, -0.1) is 0 Å². The van der Waals surface area contributed by atoms with Gasteiger partial charge in [0.2, 0.25) is 27.7 Å². The van der Waals surface area contributed by atoms with Crippen LogP contribution >= 0.6 is 0 Å². The topological polar surface area (TPSA) is 192 Å². The molecule has 2 aromatic carbocycles. The Hall–Kier alpha value is -4.21. The van der Waals surface area contributed by atoms with Gasteiger partial charge >= 0.3 is 6.09 Å². The zero-order chi connectivity index (χ0) is 40.8. The number of rotatable bonds is 13. The van der Waals surface area contributed by atoms with E-state index in [9.17, 15) is 32.7 Å². The van der Waals surface area contributed by atoms with E-state index in [0.29, 0.717) is 50.1 Å². The molecule has 2 aliphatic heterocycles. The van der Waals surface area contributed by atoms with Gasteiger partial charge in [0.05, 0.1) is 23.6 Å². The second-order valence-electron chi connectivity index (χ2n) is 15.5. The number of nitrogens with zero attached hydrogens (tertiary/aromatic N) is 1.